The van der Waals surface area contributed by atoms with Crippen LogP contribution in [0.2, 0.25) is 0 Å². The molecule has 1 aliphatic rings. The number of rotatable bonds is 4. The number of allylic oxidation sites excluding steroid dienone is 7. The molecule has 1 aromatic carbocycles. The highest BCUT2D eigenvalue weighted by molar-refractivity contribution is 6.31. The number of nitrogens with one attached hydrogen (secondary N) is 2. The van der Waals surface area contributed by atoms with Gasteiger partial charge in [0.25, 0.3) is 0 Å². The van der Waals surface area contributed by atoms with E-state index in [-0.39, 0.29) is 5.78 Å². The van der Waals surface area contributed by atoms with Gasteiger partial charge in [-0.25, -0.2) is 4.98 Å². The van der Waals surface area contributed by atoms with Crippen LogP contribution in [0.25, 0.3) is 10.9 Å². The maximum Gasteiger partial charge on any atom is 0.230 e. The second-order valence-corrected chi connectivity index (χ2v) is 7.96. The molecule has 1 unspecified atom stereocenters. The number of imidazole rings is 1. The third kappa shape index (κ3) is 9.10. The smallest absolute Gasteiger partial charge is 0.230 e. The van der Waals surface area contributed by atoms with E-state index in [1.807, 2.05) is 55.6 Å². The van der Waals surface area contributed by atoms with Crippen molar-refractivity contribution in [1.82, 2.24) is 14.5 Å². The Bertz CT molecular complexity index is 1230. The highest BCUT2D eigenvalue weighted by Gasteiger charge is 2.18. The number of nitrogens with two attached hydrogens (primary N) is 1. The van der Waals surface area contributed by atoms with Crippen molar-refractivity contribution < 1.29 is 4.79 Å². The number of ketones is 1. The van der Waals surface area contributed by atoms with Gasteiger partial charge in [-0.2, -0.15) is 0 Å². The largest absolute Gasteiger partial charge is 0.399 e. The molecule has 35 heavy (non-hydrogen) atoms. The topological polar surface area (TPSA) is 101 Å². The van der Waals surface area contributed by atoms with Gasteiger partial charge in [0.15, 0.2) is 5.82 Å². The molecule has 3 aromatic rings. The molecule has 0 bridgehead atoms. The van der Waals surface area contributed by atoms with Gasteiger partial charge in [-0.05, 0) is 50.8 Å². The summed E-state index contributed by atoms with van der Waals surface area (Å²) in [6.07, 6.45) is 15.0. The van der Waals surface area contributed by atoms with Crippen molar-refractivity contribution in [2.45, 2.75) is 27.3 Å². The first-order chi connectivity index (χ1) is 16.8. The normalized spacial score (nSPS) is 13.6. The van der Waals surface area contributed by atoms with Gasteiger partial charge in [-0.1, -0.05) is 68.1 Å². The van der Waals surface area contributed by atoms with Gasteiger partial charge in [0.05, 0.1) is 5.56 Å². The number of aryl methyl sites for hydroxylation is 2. The average Bonchev–Trinajstić information content (AvgIpc) is 3.42. The van der Waals surface area contributed by atoms with Gasteiger partial charge >= 0.3 is 0 Å². The fraction of sp³-hybridized carbons (Fsp3) is 0.179. The van der Waals surface area contributed by atoms with E-state index in [1.165, 1.54) is 6.08 Å². The number of carbonyl (C=O) groups is 1. The molecule has 6 nitrogen and oxygen atoms in total. The minimum absolute atomic E-state index is 0.0588. The van der Waals surface area contributed by atoms with Crippen LogP contribution in [0.1, 0.15) is 35.7 Å². The summed E-state index contributed by atoms with van der Waals surface area (Å²) in [6, 6.07) is 7.94. The summed E-state index contributed by atoms with van der Waals surface area (Å²) >= 11 is 5.71. The van der Waals surface area contributed by atoms with E-state index in [1.54, 1.807) is 6.20 Å². The first-order valence-corrected chi connectivity index (χ1v) is 11.4. The minimum atomic E-state index is -0.0588. The molecule has 0 fully saturated rings. The van der Waals surface area contributed by atoms with Crippen LogP contribution in [-0.2, 0) is 6.54 Å². The molecule has 1 aliphatic carbocycles. The number of nitrogens with zero attached hydrogens (tertiary/aromatic N) is 2. The van der Waals surface area contributed by atoms with Gasteiger partial charge in [-0.3, -0.25) is 4.79 Å². The third-order valence-electron chi connectivity index (χ3n) is 4.78. The summed E-state index contributed by atoms with van der Waals surface area (Å²) in [4.78, 5) is 19.6. The molecule has 0 saturated heterocycles. The van der Waals surface area contributed by atoms with Crippen molar-refractivity contribution in [3.05, 3.63) is 114 Å². The molecular formula is C28H34ClN5O. The van der Waals surface area contributed by atoms with Gasteiger partial charge in [0.1, 0.15) is 0 Å². The summed E-state index contributed by atoms with van der Waals surface area (Å²) in [5.74, 6) is 0.852. The van der Waals surface area contributed by atoms with E-state index in [9.17, 15) is 4.79 Å². The van der Waals surface area contributed by atoms with E-state index in [0.717, 1.165) is 28.2 Å². The summed E-state index contributed by atoms with van der Waals surface area (Å²) in [7, 11) is 0. The highest BCUT2D eigenvalue weighted by atomic mass is 35.5. The van der Waals surface area contributed by atoms with Gasteiger partial charge in [0, 0.05) is 46.3 Å². The molecule has 2 heterocycles. The number of aromatic amines is 1. The Hall–Kier alpha value is -3.90. The van der Waals surface area contributed by atoms with Crippen molar-refractivity contribution in [3.63, 3.8) is 0 Å². The highest BCUT2D eigenvalue weighted by Crippen LogP contribution is 2.23. The Balaban J connectivity index is 0.000000319. The average molecular weight is 492 g/mol. The molecule has 4 N–H and O–H groups in total. The monoisotopic (exact) mass is 491 g/mol. The Kier molecular flexibility index (Phi) is 12.6. The number of H-pyrrole nitrogens is 1. The molecule has 4 rings (SSSR count). The quantitative estimate of drug-likeness (QED) is 0.215. The van der Waals surface area contributed by atoms with Crippen LogP contribution in [0.5, 0.6) is 0 Å². The predicted molar refractivity (Wildman–Crippen MR) is 149 cm³/mol. The summed E-state index contributed by atoms with van der Waals surface area (Å²) in [5, 5.41) is 7.28. The van der Waals surface area contributed by atoms with Crippen LogP contribution < -0.4 is 5.73 Å². The van der Waals surface area contributed by atoms with Gasteiger partial charge in [0.2, 0.25) is 5.78 Å². The van der Waals surface area contributed by atoms with E-state index >= 15 is 0 Å². The lowest BCUT2D eigenvalue weighted by atomic mass is 10.1. The van der Waals surface area contributed by atoms with Crippen LogP contribution in [0, 0.1) is 18.3 Å². The standard InChI is InChI=1S/C15H15N3O.C8H9Cl.C4H7N.CH3N/c1-3-18-9-12(11-6-4-5-7-13(11)18)14(19)15-16-8-10(2)17-15;1-7-3-2-4-8(9)6-5-7;1-3-4(2)5;1-2/h4-9H,3H2,1-2H3,(H,16,17);2-7H,1H3;3H,1-2,5H2;2H,1H2. The molecule has 0 amide bonds. The number of benzene rings is 1. The zero-order chi connectivity index (χ0) is 26.4. The third-order valence-corrected chi connectivity index (χ3v) is 5.04. The maximum absolute atomic E-state index is 12.5. The van der Waals surface area contributed by atoms with Crippen LogP contribution in [-0.4, -0.2) is 27.0 Å². The first kappa shape index (κ1) is 29.1. The van der Waals surface area contributed by atoms with E-state index in [0.29, 0.717) is 23.0 Å². The van der Waals surface area contributed by atoms with E-state index in [2.05, 4.69) is 60.4 Å². The molecule has 0 spiro atoms. The Morgan fingerprint density at radius 3 is 2.54 bits per heavy atom. The van der Waals surface area contributed by atoms with Crippen molar-refractivity contribution in [3.8, 4) is 0 Å². The first-order valence-electron chi connectivity index (χ1n) is 11.0. The molecule has 0 aliphatic heterocycles. The van der Waals surface area contributed by atoms with Crippen LogP contribution in [0.3, 0.4) is 0 Å². The molecule has 1 atom stereocenters. The SMILES string of the molecule is C=CC(=C)N.C=N.CC1C=CC=C(Cl)C=C1.CCn1cc(C(=O)c2ncc(C)[nH]2)c2ccccc21. The molecular weight excluding hydrogens is 458 g/mol. The second kappa shape index (κ2) is 15.1. The van der Waals surface area contributed by atoms with Crippen molar-refractivity contribution in [2.75, 3.05) is 0 Å². The lowest BCUT2D eigenvalue weighted by Crippen LogP contribution is -2.03. The van der Waals surface area contributed by atoms with E-state index in [4.69, 9.17) is 22.7 Å². The number of hydrogen-bond donors (Lipinski definition) is 3. The van der Waals surface area contributed by atoms with Crippen molar-refractivity contribution in [2.24, 2.45) is 11.7 Å². The fourth-order valence-electron chi connectivity index (χ4n) is 3.03. The van der Waals surface area contributed by atoms with Gasteiger partial charge in [-0.15, -0.1) is 0 Å². The summed E-state index contributed by atoms with van der Waals surface area (Å²) < 4.78 is 2.08. The molecule has 184 valence electrons. The van der Waals surface area contributed by atoms with Gasteiger partial charge < -0.3 is 20.7 Å². The Morgan fingerprint density at radius 1 is 1.31 bits per heavy atom. The second-order valence-electron chi connectivity index (χ2n) is 7.52. The molecule has 0 radical (unpaired) electrons. The Morgan fingerprint density at radius 2 is 1.97 bits per heavy atom. The molecule has 2 aromatic heterocycles. The lowest BCUT2D eigenvalue weighted by Gasteiger charge is -1.97. The number of halogens is 1. The number of fused-ring (bicyclic) bond motifs is 1. The molecule has 7 heteroatoms. The lowest BCUT2D eigenvalue weighted by molar-refractivity contribution is 0.103. The van der Waals surface area contributed by atoms with Crippen LogP contribution >= 0.6 is 11.6 Å². The van der Waals surface area contributed by atoms with E-state index < -0.39 is 0 Å². The fourth-order valence-corrected chi connectivity index (χ4v) is 3.18. The minimum Gasteiger partial charge on any atom is -0.399 e. The molecule has 0 saturated carbocycles. The number of aromatic nitrogens is 3. The van der Waals surface area contributed by atoms with Crippen LogP contribution in [0.15, 0.2) is 97.0 Å². The zero-order valence-electron chi connectivity index (χ0n) is 20.6. The number of hydrogen-bond acceptors (Lipinski definition) is 4. The Labute approximate surface area is 212 Å². The van der Waals surface area contributed by atoms with Crippen molar-refractivity contribution >= 4 is 35.0 Å². The number of carbonyl (C=O) groups excluding carboxylic acids is 1. The zero-order valence-corrected chi connectivity index (χ0v) is 21.3. The number of para-hydroxylation sites is 1. The summed E-state index contributed by atoms with van der Waals surface area (Å²) in [5.41, 5.74) is 8.17. The van der Waals surface area contributed by atoms with Crippen LogP contribution in [0.4, 0.5) is 0 Å². The summed E-state index contributed by atoms with van der Waals surface area (Å²) in [6.45, 7) is 16.1. The maximum atomic E-state index is 12.5. The van der Waals surface area contributed by atoms with Crippen molar-refractivity contribution in [1.29, 1.82) is 5.41 Å². The predicted octanol–water partition coefficient (Wildman–Crippen LogP) is 6.71.